The highest BCUT2D eigenvalue weighted by atomic mass is 35.5. The van der Waals surface area contributed by atoms with Gasteiger partial charge in [-0.3, -0.25) is 4.79 Å². The molecule has 0 saturated carbocycles. The summed E-state index contributed by atoms with van der Waals surface area (Å²) in [5.74, 6) is 0.979. The maximum atomic E-state index is 10.7. The van der Waals surface area contributed by atoms with Crippen molar-refractivity contribution >= 4 is 36.5 Å². The first kappa shape index (κ1) is 12.0. The van der Waals surface area contributed by atoms with E-state index in [4.69, 9.17) is 4.74 Å². The Kier molecular flexibility index (Phi) is 4.51. The van der Waals surface area contributed by atoms with E-state index in [-0.39, 0.29) is 37.3 Å². The molecule has 0 spiro atoms. The van der Waals surface area contributed by atoms with Gasteiger partial charge in [0.2, 0.25) is 0 Å². The molecule has 0 aromatic carbocycles. The molecule has 1 aliphatic rings. The Labute approximate surface area is 87.5 Å². The summed E-state index contributed by atoms with van der Waals surface area (Å²) in [5, 5.41) is 2.58. The van der Waals surface area contributed by atoms with Crippen molar-refractivity contribution in [3.8, 4) is 5.75 Å². The lowest BCUT2D eigenvalue weighted by Crippen LogP contribution is -2.25. The van der Waals surface area contributed by atoms with E-state index in [0.29, 0.717) is 11.6 Å². The van der Waals surface area contributed by atoms with Crippen LogP contribution in [0.25, 0.3) is 0 Å². The normalized spacial score (nSPS) is 12.5. The lowest BCUT2D eigenvalue weighted by molar-refractivity contribution is -0.118. The molecule has 0 fully saturated rings. The van der Waals surface area contributed by atoms with Gasteiger partial charge in [0.25, 0.3) is 5.91 Å². The number of nitrogens with one attached hydrogen (secondary N) is 1. The van der Waals surface area contributed by atoms with Gasteiger partial charge in [0, 0.05) is 6.20 Å². The van der Waals surface area contributed by atoms with Gasteiger partial charge < -0.3 is 10.1 Å². The lowest BCUT2D eigenvalue weighted by atomic mass is 10.4. The predicted octanol–water partition coefficient (Wildman–Crippen LogP) is 1.26. The van der Waals surface area contributed by atoms with Crippen LogP contribution in [-0.4, -0.2) is 17.5 Å². The van der Waals surface area contributed by atoms with Crippen molar-refractivity contribution < 1.29 is 9.53 Å². The summed E-state index contributed by atoms with van der Waals surface area (Å²) in [7, 11) is 0. The number of hydrogen-bond donors (Lipinski definition) is 1. The van der Waals surface area contributed by atoms with Gasteiger partial charge in [-0.05, 0) is 12.1 Å². The van der Waals surface area contributed by atoms with Gasteiger partial charge in [-0.1, -0.05) is 0 Å². The largest absolute Gasteiger partial charge is 0.480 e. The van der Waals surface area contributed by atoms with Crippen molar-refractivity contribution in [1.29, 1.82) is 0 Å². The number of pyridine rings is 1. The number of aromatic nitrogens is 1. The minimum absolute atomic E-state index is 0. The van der Waals surface area contributed by atoms with Crippen LogP contribution in [-0.2, 0) is 4.79 Å². The van der Waals surface area contributed by atoms with Crippen LogP contribution in [0, 0.1) is 0 Å². The van der Waals surface area contributed by atoms with Crippen molar-refractivity contribution in [2.45, 2.75) is 0 Å². The minimum Gasteiger partial charge on any atom is -0.480 e. The first-order chi connectivity index (χ1) is 5.36. The van der Waals surface area contributed by atoms with Crippen molar-refractivity contribution in [3.05, 3.63) is 18.3 Å². The quantitative estimate of drug-likeness (QED) is 0.720. The number of hydrogen-bond acceptors (Lipinski definition) is 3. The van der Waals surface area contributed by atoms with Gasteiger partial charge in [0.15, 0.2) is 18.2 Å². The average Bonchev–Trinajstić information content (AvgIpc) is 2.04. The smallest absolute Gasteiger partial charge is 0.263 e. The molecule has 1 aliphatic heterocycles. The molecule has 0 radical (unpaired) electrons. The number of nitrogens with zero attached hydrogens (tertiary/aromatic N) is 1. The summed E-state index contributed by atoms with van der Waals surface area (Å²) in [5.41, 5.74) is 0. The fourth-order valence-corrected chi connectivity index (χ4v) is 0.912. The van der Waals surface area contributed by atoms with Crippen LogP contribution in [0.3, 0.4) is 0 Å². The molecule has 4 nitrogen and oxygen atoms in total. The van der Waals surface area contributed by atoms with E-state index in [9.17, 15) is 4.79 Å². The Balaban J connectivity index is 0.000000720. The van der Waals surface area contributed by atoms with Crippen LogP contribution < -0.4 is 10.1 Å². The highest BCUT2D eigenvalue weighted by Crippen LogP contribution is 2.23. The second kappa shape index (κ2) is 4.89. The molecule has 1 N–H and O–H groups in total. The molecule has 1 amide bonds. The van der Waals surface area contributed by atoms with Crippen molar-refractivity contribution in [3.63, 3.8) is 0 Å². The molecule has 0 unspecified atom stereocenters. The van der Waals surface area contributed by atoms with Crippen LogP contribution in [0.1, 0.15) is 0 Å². The number of carbonyl (C=O) groups excluding carboxylic acids is 1. The maximum absolute atomic E-state index is 10.7. The molecule has 0 atom stereocenters. The molecule has 1 aromatic heterocycles. The molecule has 13 heavy (non-hydrogen) atoms. The number of fused-ring (bicyclic) bond motifs is 1. The Bertz CT molecular complexity index is 306. The highest BCUT2D eigenvalue weighted by Gasteiger charge is 2.15. The third-order valence-electron chi connectivity index (χ3n) is 1.39. The summed E-state index contributed by atoms with van der Waals surface area (Å²) in [6.07, 6.45) is 1.60. The number of rotatable bonds is 0. The Morgan fingerprint density at radius 1 is 1.46 bits per heavy atom. The van der Waals surface area contributed by atoms with Gasteiger partial charge >= 0.3 is 0 Å². The fourth-order valence-electron chi connectivity index (χ4n) is 0.912. The van der Waals surface area contributed by atoms with Crippen LogP contribution >= 0.6 is 24.8 Å². The Morgan fingerprint density at radius 2 is 2.23 bits per heavy atom. The van der Waals surface area contributed by atoms with Crippen molar-refractivity contribution in [2.24, 2.45) is 0 Å². The number of anilines is 1. The SMILES string of the molecule is Cl.Cl.O=C1COc2cccnc2N1. The zero-order valence-corrected chi connectivity index (χ0v) is 8.15. The third-order valence-corrected chi connectivity index (χ3v) is 1.39. The van der Waals surface area contributed by atoms with Gasteiger partial charge in [0.1, 0.15) is 0 Å². The van der Waals surface area contributed by atoms with Gasteiger partial charge in [-0.25, -0.2) is 4.98 Å². The minimum atomic E-state index is -0.156. The molecule has 6 heteroatoms. The fraction of sp³-hybridized carbons (Fsp3) is 0.143. The molecular weight excluding hydrogens is 215 g/mol. The monoisotopic (exact) mass is 222 g/mol. The molecule has 0 bridgehead atoms. The van der Waals surface area contributed by atoms with E-state index in [1.165, 1.54) is 0 Å². The summed E-state index contributed by atoms with van der Waals surface area (Å²) in [6, 6.07) is 3.53. The predicted molar refractivity (Wildman–Crippen MR) is 52.9 cm³/mol. The molecule has 2 rings (SSSR count). The van der Waals surface area contributed by atoms with Crippen LogP contribution in [0.2, 0.25) is 0 Å². The number of ether oxygens (including phenoxy) is 1. The van der Waals surface area contributed by atoms with Gasteiger partial charge in [0.05, 0.1) is 0 Å². The highest BCUT2D eigenvalue weighted by molar-refractivity contribution is 5.94. The number of amides is 1. The maximum Gasteiger partial charge on any atom is 0.263 e. The summed E-state index contributed by atoms with van der Waals surface area (Å²) >= 11 is 0. The van der Waals surface area contributed by atoms with Crippen molar-refractivity contribution in [1.82, 2.24) is 4.98 Å². The topological polar surface area (TPSA) is 51.2 Å². The summed E-state index contributed by atoms with van der Waals surface area (Å²) in [4.78, 5) is 14.7. The van der Waals surface area contributed by atoms with Gasteiger partial charge in [-0.2, -0.15) is 0 Å². The lowest BCUT2D eigenvalue weighted by Gasteiger charge is -2.15. The molecule has 0 aliphatic carbocycles. The van der Waals surface area contributed by atoms with E-state index in [1.807, 2.05) is 0 Å². The zero-order valence-electron chi connectivity index (χ0n) is 6.52. The van der Waals surface area contributed by atoms with E-state index >= 15 is 0 Å². The first-order valence-corrected chi connectivity index (χ1v) is 3.24. The number of carbonyl (C=O) groups is 1. The zero-order chi connectivity index (χ0) is 7.68. The van der Waals surface area contributed by atoms with E-state index < -0.39 is 0 Å². The molecule has 72 valence electrons. The van der Waals surface area contributed by atoms with Crippen LogP contribution in [0.5, 0.6) is 5.75 Å². The average molecular weight is 223 g/mol. The van der Waals surface area contributed by atoms with Crippen LogP contribution in [0.15, 0.2) is 18.3 Å². The summed E-state index contributed by atoms with van der Waals surface area (Å²) < 4.78 is 5.06. The first-order valence-electron chi connectivity index (χ1n) is 3.24. The third kappa shape index (κ3) is 2.47. The molecular formula is C7H8Cl2N2O2. The van der Waals surface area contributed by atoms with E-state index in [0.717, 1.165) is 0 Å². The summed E-state index contributed by atoms with van der Waals surface area (Å²) in [6.45, 7) is 0.0820. The Morgan fingerprint density at radius 3 is 3.00 bits per heavy atom. The van der Waals surface area contributed by atoms with E-state index in [2.05, 4.69) is 10.3 Å². The van der Waals surface area contributed by atoms with Crippen LogP contribution in [0.4, 0.5) is 5.82 Å². The molecule has 1 aromatic rings. The second-order valence-electron chi connectivity index (χ2n) is 2.19. The second-order valence-corrected chi connectivity index (χ2v) is 2.19. The molecule has 2 heterocycles. The standard InChI is InChI=1S/C7H6N2O2.2ClH/c10-6-4-11-5-2-1-3-8-7(5)9-6;;/h1-3H,4H2,(H,8,9,10);2*1H. The Hall–Kier alpha value is -1.00. The van der Waals surface area contributed by atoms with E-state index in [1.54, 1.807) is 18.3 Å². The number of halogens is 2. The van der Waals surface area contributed by atoms with Gasteiger partial charge in [-0.15, -0.1) is 24.8 Å². The van der Waals surface area contributed by atoms with Crippen molar-refractivity contribution in [2.75, 3.05) is 11.9 Å². The molecule has 0 saturated heterocycles.